The van der Waals surface area contributed by atoms with Gasteiger partial charge in [-0.1, -0.05) is 103 Å². The molecule has 10 heteroatoms. The van der Waals surface area contributed by atoms with E-state index in [-0.39, 0.29) is 17.8 Å². The molecule has 0 bridgehead atoms. The molecule has 0 saturated carbocycles. The second-order valence-corrected chi connectivity index (χ2v) is 23.1. The van der Waals surface area contributed by atoms with E-state index in [4.69, 9.17) is 0 Å². The predicted molar refractivity (Wildman–Crippen MR) is 242 cm³/mol. The van der Waals surface area contributed by atoms with Gasteiger partial charge in [-0.2, -0.15) is 8.61 Å². The molecule has 0 N–H and O–H groups in total. The first-order valence-corrected chi connectivity index (χ1v) is 25.9. The minimum Gasteiger partial charge on any atom is -0.300 e. The number of likely N-dealkylation sites (tertiary alicyclic amines) is 2. The van der Waals surface area contributed by atoms with Crippen LogP contribution in [-0.4, -0.2) is 99.7 Å². The normalized spacial score (nSPS) is 21.8. The third-order valence-corrected chi connectivity index (χ3v) is 18.4. The zero-order valence-corrected chi connectivity index (χ0v) is 38.7. The van der Waals surface area contributed by atoms with Gasteiger partial charge in [-0.05, 0) is 147 Å². The molecule has 4 aliphatic heterocycles. The van der Waals surface area contributed by atoms with Gasteiger partial charge in [0.25, 0.3) is 0 Å². The average molecular weight is 845 g/mol. The molecule has 59 heavy (non-hydrogen) atoms. The van der Waals surface area contributed by atoms with Crippen molar-refractivity contribution in [1.82, 2.24) is 18.4 Å². The maximum absolute atomic E-state index is 15.0. The van der Waals surface area contributed by atoms with Gasteiger partial charge < -0.3 is 9.80 Å². The fraction of sp³-hybridized carbons (Fsp3) is 0.633. The Morgan fingerprint density at radius 2 is 1.07 bits per heavy atom. The molecule has 4 heterocycles. The van der Waals surface area contributed by atoms with Crippen LogP contribution < -0.4 is 0 Å². The lowest BCUT2D eigenvalue weighted by Crippen LogP contribution is -2.49. The minimum absolute atomic E-state index is 0.0402. The highest BCUT2D eigenvalue weighted by atomic mass is 32.2. The topological polar surface area (TPSA) is 81.2 Å². The van der Waals surface area contributed by atoms with Crippen molar-refractivity contribution < 1.29 is 16.8 Å². The van der Waals surface area contributed by atoms with E-state index in [1.165, 1.54) is 25.7 Å². The molecule has 4 aliphatic rings. The van der Waals surface area contributed by atoms with E-state index >= 15 is 0 Å². The maximum Gasteiger partial charge on any atom is 0.243 e. The highest BCUT2D eigenvalue weighted by Crippen LogP contribution is 2.40. The summed E-state index contributed by atoms with van der Waals surface area (Å²) in [5.41, 5.74) is 5.60. The fourth-order valence-electron chi connectivity index (χ4n) is 10.3. The third kappa shape index (κ3) is 9.89. The van der Waals surface area contributed by atoms with Gasteiger partial charge in [0.15, 0.2) is 0 Å². The van der Waals surface area contributed by atoms with Gasteiger partial charge in [-0.3, -0.25) is 0 Å². The summed E-state index contributed by atoms with van der Waals surface area (Å²) < 4.78 is 62.1. The first-order chi connectivity index (χ1) is 28.1. The summed E-state index contributed by atoms with van der Waals surface area (Å²) in [6, 6.07) is 20.9. The number of benzene rings is 3. The lowest BCUT2D eigenvalue weighted by molar-refractivity contribution is 0.101. The largest absolute Gasteiger partial charge is 0.300 e. The molecule has 4 fully saturated rings. The van der Waals surface area contributed by atoms with Crippen LogP contribution in [0.2, 0.25) is 0 Å². The molecule has 0 aliphatic carbocycles. The Kier molecular flexibility index (Phi) is 14.2. The number of hydrogen-bond donors (Lipinski definition) is 0. The quantitative estimate of drug-likeness (QED) is 0.181. The first kappa shape index (κ1) is 44.5. The Bertz CT molecular complexity index is 2100. The molecule has 1 unspecified atom stereocenters. The number of sulfonamides is 2. The highest BCUT2D eigenvalue weighted by molar-refractivity contribution is 7.89. The Balaban J connectivity index is 1.13. The van der Waals surface area contributed by atoms with Crippen LogP contribution in [0, 0.1) is 11.8 Å². The van der Waals surface area contributed by atoms with Gasteiger partial charge in [0.2, 0.25) is 20.0 Å². The van der Waals surface area contributed by atoms with Crippen LogP contribution in [0.15, 0.2) is 70.5 Å². The van der Waals surface area contributed by atoms with Crippen molar-refractivity contribution in [2.24, 2.45) is 11.8 Å². The fourth-order valence-corrected chi connectivity index (χ4v) is 14.1. The van der Waals surface area contributed by atoms with Crippen molar-refractivity contribution in [2.45, 2.75) is 146 Å². The summed E-state index contributed by atoms with van der Waals surface area (Å²) in [4.78, 5) is 6.05. The standard InChI is InChI=1S/C49H72N4O4S2/c1-35(2)42-33-46(36(3)4)49(59(56,57)53-29-21-44(22-30-53)51-25-17-38(6)18-26-51)47(34-42)39(7)31-40-11-10-12-41(32-40)45-13-8-9-14-48(45)58(54,55)52-27-19-43(20-28-52)50-23-15-37(5)16-24-50/h8-14,32-39,43-44H,15-31H2,1-7H3. The summed E-state index contributed by atoms with van der Waals surface area (Å²) in [6.07, 6.45) is 9.02. The SMILES string of the molecule is CC1CCN(C2CCN(S(=O)(=O)c3ccccc3-c3cccc(CC(C)c4cc(C(C)C)cc(C(C)C)c4S(=O)(=O)N4CCC(N5CCC(C)CC5)CC4)c3)CC2)CC1. The third-order valence-electron chi connectivity index (χ3n) is 14.4. The summed E-state index contributed by atoms with van der Waals surface area (Å²) in [5.74, 6) is 1.75. The molecule has 324 valence electrons. The zero-order valence-electron chi connectivity index (χ0n) is 37.1. The van der Waals surface area contributed by atoms with Crippen LogP contribution in [-0.2, 0) is 26.5 Å². The second kappa shape index (κ2) is 18.8. The van der Waals surface area contributed by atoms with Crippen molar-refractivity contribution >= 4 is 20.0 Å². The maximum atomic E-state index is 15.0. The van der Waals surface area contributed by atoms with E-state index in [1.807, 2.05) is 30.3 Å². The molecular formula is C49H72N4O4S2. The molecular weight excluding hydrogens is 773 g/mol. The first-order valence-electron chi connectivity index (χ1n) is 23.0. The predicted octanol–water partition coefficient (Wildman–Crippen LogP) is 9.72. The molecule has 8 nitrogen and oxygen atoms in total. The summed E-state index contributed by atoms with van der Waals surface area (Å²) in [7, 11) is -7.48. The molecule has 3 aromatic carbocycles. The van der Waals surface area contributed by atoms with Crippen LogP contribution in [0.4, 0.5) is 0 Å². The molecule has 7 rings (SSSR count). The van der Waals surface area contributed by atoms with E-state index in [0.717, 1.165) is 91.5 Å². The van der Waals surface area contributed by atoms with Crippen LogP contribution in [0.25, 0.3) is 11.1 Å². The molecule has 0 radical (unpaired) electrons. The number of piperidine rings is 4. The molecule has 0 aromatic heterocycles. The lowest BCUT2D eigenvalue weighted by Gasteiger charge is -2.41. The number of nitrogens with zero attached hydrogens (tertiary/aromatic N) is 4. The minimum atomic E-state index is -3.77. The summed E-state index contributed by atoms with van der Waals surface area (Å²) in [5, 5.41) is 0. The molecule has 0 amide bonds. The van der Waals surface area contributed by atoms with E-state index in [9.17, 15) is 16.8 Å². The van der Waals surface area contributed by atoms with Gasteiger partial charge in [0.05, 0.1) is 9.79 Å². The second-order valence-electron chi connectivity index (χ2n) is 19.3. The number of rotatable bonds is 12. The Morgan fingerprint density at radius 1 is 0.559 bits per heavy atom. The van der Waals surface area contributed by atoms with Crippen LogP contribution >= 0.6 is 0 Å². The van der Waals surface area contributed by atoms with Gasteiger partial charge in [0.1, 0.15) is 0 Å². The van der Waals surface area contributed by atoms with Gasteiger partial charge >= 0.3 is 0 Å². The van der Waals surface area contributed by atoms with Crippen LogP contribution in [0.3, 0.4) is 0 Å². The molecule has 0 spiro atoms. The van der Waals surface area contributed by atoms with Gasteiger partial charge in [-0.15, -0.1) is 0 Å². The van der Waals surface area contributed by atoms with Crippen molar-refractivity contribution in [3.63, 3.8) is 0 Å². The average Bonchev–Trinajstić information content (AvgIpc) is 3.24. The monoisotopic (exact) mass is 844 g/mol. The van der Waals surface area contributed by atoms with Crippen molar-refractivity contribution in [3.05, 3.63) is 82.9 Å². The molecule has 4 saturated heterocycles. The van der Waals surface area contributed by atoms with Crippen LogP contribution in [0.5, 0.6) is 0 Å². The van der Waals surface area contributed by atoms with E-state index in [0.29, 0.717) is 60.0 Å². The highest BCUT2D eigenvalue weighted by Gasteiger charge is 2.37. The van der Waals surface area contributed by atoms with Crippen molar-refractivity contribution in [3.8, 4) is 11.1 Å². The lowest BCUT2D eigenvalue weighted by atomic mass is 9.86. The van der Waals surface area contributed by atoms with E-state index in [2.05, 4.69) is 82.5 Å². The molecule has 3 aromatic rings. The van der Waals surface area contributed by atoms with Gasteiger partial charge in [0, 0.05) is 43.8 Å². The summed E-state index contributed by atoms with van der Waals surface area (Å²) >= 11 is 0. The van der Waals surface area contributed by atoms with E-state index < -0.39 is 20.0 Å². The van der Waals surface area contributed by atoms with Crippen molar-refractivity contribution in [2.75, 3.05) is 52.4 Å². The Hall–Kier alpha value is -2.60. The Morgan fingerprint density at radius 3 is 1.59 bits per heavy atom. The number of hydrogen-bond acceptors (Lipinski definition) is 6. The smallest absolute Gasteiger partial charge is 0.243 e. The summed E-state index contributed by atoms with van der Waals surface area (Å²) in [6.45, 7) is 22.1. The van der Waals surface area contributed by atoms with Crippen LogP contribution in [0.1, 0.15) is 140 Å². The van der Waals surface area contributed by atoms with Gasteiger partial charge in [-0.25, -0.2) is 16.8 Å². The van der Waals surface area contributed by atoms with Crippen molar-refractivity contribution in [1.29, 1.82) is 0 Å². The Labute approximate surface area is 357 Å². The molecule has 1 atom stereocenters. The zero-order chi connectivity index (χ0) is 42.1. The van der Waals surface area contributed by atoms with E-state index in [1.54, 1.807) is 14.7 Å².